The fourth-order valence-electron chi connectivity index (χ4n) is 1.18. The lowest BCUT2D eigenvalue weighted by atomic mass is 10.3. The van der Waals surface area contributed by atoms with Crippen LogP contribution in [0.15, 0.2) is 35.1 Å². The third-order valence-electron chi connectivity index (χ3n) is 2.01. The number of benzene rings is 1. The third-order valence-corrected chi connectivity index (χ3v) is 2.82. The summed E-state index contributed by atoms with van der Waals surface area (Å²) in [6, 6.07) is 5.24. The Balaban J connectivity index is 2.23. The molecule has 0 saturated carbocycles. The van der Waals surface area contributed by atoms with Crippen molar-refractivity contribution in [2.45, 2.75) is 0 Å². The molecule has 1 aromatic heterocycles. The van der Waals surface area contributed by atoms with Crippen molar-refractivity contribution >= 4 is 33.4 Å². The van der Waals surface area contributed by atoms with Gasteiger partial charge in [-0.25, -0.2) is 9.97 Å². The number of rotatable bonds is 3. The summed E-state index contributed by atoms with van der Waals surface area (Å²) in [6.45, 7) is 0. The van der Waals surface area contributed by atoms with Crippen molar-refractivity contribution < 1.29 is 4.74 Å². The fourth-order valence-corrected chi connectivity index (χ4v) is 1.67. The van der Waals surface area contributed by atoms with Gasteiger partial charge < -0.3 is 10.5 Å². The van der Waals surface area contributed by atoms with E-state index in [0.29, 0.717) is 16.5 Å². The van der Waals surface area contributed by atoms with Crippen LogP contribution in [0.3, 0.4) is 0 Å². The van der Waals surface area contributed by atoms with Gasteiger partial charge in [0.25, 0.3) is 0 Å². The van der Waals surface area contributed by atoms with Gasteiger partial charge in [0.2, 0.25) is 5.88 Å². The Kier molecular flexibility index (Phi) is 3.78. The van der Waals surface area contributed by atoms with Gasteiger partial charge in [-0.2, -0.15) is 0 Å². The molecule has 0 saturated heterocycles. The van der Waals surface area contributed by atoms with E-state index in [1.165, 1.54) is 12.4 Å². The molecule has 5 nitrogen and oxygen atoms in total. The van der Waals surface area contributed by atoms with Crippen LogP contribution in [0.1, 0.15) is 5.69 Å². The summed E-state index contributed by atoms with van der Waals surface area (Å²) in [5, 5.41) is 7.66. The van der Waals surface area contributed by atoms with E-state index in [1.807, 2.05) is 0 Å². The maximum atomic E-state index is 7.20. The number of hydrogen-bond acceptors (Lipinski definition) is 4. The summed E-state index contributed by atoms with van der Waals surface area (Å²) < 4.78 is 6.32. The van der Waals surface area contributed by atoms with Gasteiger partial charge in [0.15, 0.2) is 0 Å². The molecule has 0 amide bonds. The summed E-state index contributed by atoms with van der Waals surface area (Å²) in [5.41, 5.74) is 5.57. The van der Waals surface area contributed by atoms with Crippen LogP contribution in [0.4, 0.5) is 0 Å². The topological polar surface area (TPSA) is 84.9 Å². The normalized spacial score (nSPS) is 10.1. The maximum absolute atomic E-state index is 7.20. The molecule has 1 aromatic carbocycles. The summed E-state index contributed by atoms with van der Waals surface area (Å²) in [7, 11) is 0. The van der Waals surface area contributed by atoms with Crippen molar-refractivity contribution in [2.75, 3.05) is 0 Å². The summed E-state index contributed by atoms with van der Waals surface area (Å²) >= 11 is 9.30. The first-order valence-electron chi connectivity index (χ1n) is 4.85. The first-order valence-corrected chi connectivity index (χ1v) is 6.02. The lowest BCUT2D eigenvalue weighted by Gasteiger charge is -2.07. The van der Waals surface area contributed by atoms with Gasteiger partial charge in [-0.3, -0.25) is 5.41 Å². The second-order valence-corrected chi connectivity index (χ2v) is 4.65. The molecule has 18 heavy (non-hydrogen) atoms. The van der Waals surface area contributed by atoms with Gasteiger partial charge in [0.05, 0.1) is 17.4 Å². The summed E-state index contributed by atoms with van der Waals surface area (Å²) in [5.74, 6) is 0.602. The summed E-state index contributed by atoms with van der Waals surface area (Å²) in [6.07, 6.45) is 2.75. The predicted octanol–water partition coefficient (Wildman–Crippen LogP) is 2.97. The van der Waals surface area contributed by atoms with Crippen molar-refractivity contribution in [3.8, 4) is 11.6 Å². The Morgan fingerprint density at radius 1 is 1.33 bits per heavy atom. The molecule has 92 valence electrons. The van der Waals surface area contributed by atoms with Gasteiger partial charge in [-0.15, -0.1) is 0 Å². The SMILES string of the molecule is N=C(N)c1cnc(Oc2cc(Br)ccc2Cl)cn1. The number of hydrogen-bond donors (Lipinski definition) is 2. The molecule has 0 radical (unpaired) electrons. The Bertz CT molecular complexity index is 588. The minimum absolute atomic E-state index is 0.144. The van der Waals surface area contributed by atoms with Crippen molar-refractivity contribution in [1.82, 2.24) is 9.97 Å². The smallest absolute Gasteiger partial charge is 0.237 e. The number of nitrogens with zero attached hydrogens (tertiary/aromatic N) is 2. The highest BCUT2D eigenvalue weighted by molar-refractivity contribution is 9.10. The maximum Gasteiger partial charge on any atom is 0.237 e. The zero-order valence-corrected chi connectivity index (χ0v) is 11.4. The predicted molar refractivity (Wildman–Crippen MR) is 72.3 cm³/mol. The molecule has 0 aliphatic heterocycles. The van der Waals surface area contributed by atoms with Crippen LogP contribution in [0.5, 0.6) is 11.6 Å². The van der Waals surface area contributed by atoms with Crippen LogP contribution in [-0.2, 0) is 0 Å². The van der Waals surface area contributed by atoms with E-state index in [0.717, 1.165) is 4.47 Å². The largest absolute Gasteiger partial charge is 0.436 e. The zero-order chi connectivity index (χ0) is 13.1. The van der Waals surface area contributed by atoms with E-state index in [9.17, 15) is 0 Å². The molecule has 0 fully saturated rings. The van der Waals surface area contributed by atoms with Crippen LogP contribution in [-0.4, -0.2) is 15.8 Å². The number of amidine groups is 1. The van der Waals surface area contributed by atoms with Crippen molar-refractivity contribution in [1.29, 1.82) is 5.41 Å². The quantitative estimate of drug-likeness (QED) is 0.670. The standard InChI is InChI=1S/C11H8BrClN4O/c12-6-1-2-7(13)9(3-6)18-10-5-16-8(4-17-10)11(14)15/h1-5H,(H3,14,15). The lowest BCUT2D eigenvalue weighted by Crippen LogP contribution is -2.13. The molecule has 0 atom stereocenters. The van der Waals surface area contributed by atoms with E-state index in [1.54, 1.807) is 18.2 Å². The molecule has 0 bridgehead atoms. The fraction of sp³-hybridized carbons (Fsp3) is 0. The highest BCUT2D eigenvalue weighted by Crippen LogP contribution is 2.30. The number of nitrogen functional groups attached to an aromatic ring is 1. The molecule has 3 N–H and O–H groups in total. The second-order valence-electron chi connectivity index (χ2n) is 3.33. The third kappa shape index (κ3) is 2.96. The molecule has 0 spiro atoms. The van der Waals surface area contributed by atoms with Gasteiger partial charge in [0.1, 0.15) is 17.3 Å². The van der Waals surface area contributed by atoms with Gasteiger partial charge in [-0.05, 0) is 18.2 Å². The average molecular weight is 328 g/mol. The van der Waals surface area contributed by atoms with Crippen LogP contribution in [0.2, 0.25) is 5.02 Å². The molecule has 1 heterocycles. The number of halogens is 2. The lowest BCUT2D eigenvalue weighted by molar-refractivity contribution is 0.460. The van der Waals surface area contributed by atoms with Crippen molar-refractivity contribution in [3.05, 3.63) is 45.8 Å². The van der Waals surface area contributed by atoms with Gasteiger partial charge in [-0.1, -0.05) is 27.5 Å². The van der Waals surface area contributed by atoms with Gasteiger partial charge in [0, 0.05) is 4.47 Å². The Labute approximate surface area is 117 Å². The molecular formula is C11H8BrClN4O. The van der Waals surface area contributed by atoms with E-state index < -0.39 is 0 Å². The van der Waals surface area contributed by atoms with Crippen LogP contribution >= 0.6 is 27.5 Å². The minimum Gasteiger partial charge on any atom is -0.436 e. The molecule has 0 aliphatic carbocycles. The molecule has 2 aromatic rings. The first kappa shape index (κ1) is 12.8. The monoisotopic (exact) mass is 326 g/mol. The zero-order valence-electron chi connectivity index (χ0n) is 9.02. The number of nitrogens with one attached hydrogen (secondary N) is 1. The van der Waals surface area contributed by atoms with Crippen LogP contribution in [0.25, 0.3) is 0 Å². The van der Waals surface area contributed by atoms with Crippen molar-refractivity contribution in [2.24, 2.45) is 5.73 Å². The number of aromatic nitrogens is 2. The second kappa shape index (κ2) is 5.32. The molecule has 0 aliphatic rings. The van der Waals surface area contributed by atoms with E-state index in [-0.39, 0.29) is 11.7 Å². The molecule has 7 heteroatoms. The average Bonchev–Trinajstić information content (AvgIpc) is 2.34. The Morgan fingerprint density at radius 2 is 2.11 bits per heavy atom. The minimum atomic E-state index is -0.144. The Morgan fingerprint density at radius 3 is 2.72 bits per heavy atom. The summed E-state index contributed by atoms with van der Waals surface area (Å²) in [4.78, 5) is 7.92. The van der Waals surface area contributed by atoms with E-state index in [2.05, 4.69) is 25.9 Å². The van der Waals surface area contributed by atoms with Crippen LogP contribution < -0.4 is 10.5 Å². The number of nitrogens with two attached hydrogens (primary N) is 1. The van der Waals surface area contributed by atoms with Crippen LogP contribution in [0, 0.1) is 5.41 Å². The van der Waals surface area contributed by atoms with E-state index in [4.69, 9.17) is 27.5 Å². The number of ether oxygens (including phenoxy) is 1. The Hall–Kier alpha value is -1.66. The first-order chi connectivity index (χ1) is 8.56. The van der Waals surface area contributed by atoms with E-state index >= 15 is 0 Å². The van der Waals surface area contributed by atoms with Gasteiger partial charge >= 0.3 is 0 Å². The highest BCUT2D eigenvalue weighted by atomic mass is 79.9. The highest BCUT2D eigenvalue weighted by Gasteiger charge is 2.06. The molecule has 0 unspecified atom stereocenters. The molecular weight excluding hydrogens is 320 g/mol. The molecule has 2 rings (SSSR count). The van der Waals surface area contributed by atoms with Crippen molar-refractivity contribution in [3.63, 3.8) is 0 Å².